The summed E-state index contributed by atoms with van der Waals surface area (Å²) in [5.74, 6) is 0. The third kappa shape index (κ3) is 27.3. The van der Waals surface area contributed by atoms with E-state index in [1.807, 2.05) is 0 Å². The molecule has 0 saturated carbocycles. The average Bonchev–Trinajstić information content (AvgIpc) is 2.36. The number of ether oxygens (including phenoxy) is 2. The summed E-state index contributed by atoms with van der Waals surface area (Å²) >= 11 is 0. The van der Waals surface area contributed by atoms with Crippen molar-refractivity contribution in [3.8, 4) is 0 Å². The molecule has 0 spiro atoms. The number of hydrogen-bond acceptors (Lipinski definition) is 2. The summed E-state index contributed by atoms with van der Waals surface area (Å²) in [6, 6.07) is 0. The molecule has 0 fully saturated rings. The summed E-state index contributed by atoms with van der Waals surface area (Å²) in [6.45, 7) is 6.38. The Bertz CT molecular complexity index is 245. The lowest BCUT2D eigenvalue weighted by Crippen LogP contribution is -2.13. The van der Waals surface area contributed by atoms with Gasteiger partial charge in [-0.3, -0.25) is 9.47 Å². The number of halogens is 6. The van der Waals surface area contributed by atoms with Gasteiger partial charge < -0.3 is 0 Å². The Morgan fingerprint density at radius 3 is 1.18 bits per heavy atom. The van der Waals surface area contributed by atoms with Crippen molar-refractivity contribution in [1.29, 1.82) is 0 Å². The van der Waals surface area contributed by atoms with Gasteiger partial charge in [-0.1, -0.05) is 12.2 Å². The van der Waals surface area contributed by atoms with Crippen molar-refractivity contribution in [1.82, 2.24) is 0 Å². The molecule has 0 bridgehead atoms. The van der Waals surface area contributed by atoms with E-state index in [0.717, 1.165) is 12.8 Å². The predicted molar refractivity (Wildman–Crippen MR) is 72.1 cm³/mol. The number of allylic oxidation sites excluding steroid dienone is 2. The van der Waals surface area contributed by atoms with E-state index in [4.69, 9.17) is 0 Å². The van der Waals surface area contributed by atoms with E-state index in [1.54, 1.807) is 12.2 Å². The van der Waals surface area contributed by atoms with E-state index < -0.39 is 12.7 Å². The molecule has 0 heterocycles. The van der Waals surface area contributed by atoms with Crippen LogP contribution in [0.3, 0.4) is 0 Å². The summed E-state index contributed by atoms with van der Waals surface area (Å²) in [5.41, 5.74) is 0. The summed E-state index contributed by atoms with van der Waals surface area (Å²) in [4.78, 5) is 0. The molecule has 0 aromatic carbocycles. The molecule has 8 heteroatoms. The van der Waals surface area contributed by atoms with Gasteiger partial charge in [0.2, 0.25) is 0 Å². The van der Waals surface area contributed by atoms with Crippen LogP contribution >= 0.6 is 0 Å². The summed E-state index contributed by atoms with van der Waals surface area (Å²) < 4.78 is 75.0. The van der Waals surface area contributed by atoms with Crippen molar-refractivity contribution in [3.63, 3.8) is 0 Å². The molecule has 0 amide bonds. The van der Waals surface area contributed by atoms with E-state index in [0.29, 0.717) is 25.7 Å². The van der Waals surface area contributed by atoms with Gasteiger partial charge in [0.15, 0.2) is 0 Å². The summed E-state index contributed by atoms with van der Waals surface area (Å²) in [6.07, 6.45) is -1.90. The highest BCUT2D eigenvalue weighted by atomic mass is 19.4. The van der Waals surface area contributed by atoms with Crippen molar-refractivity contribution in [2.75, 3.05) is 13.2 Å². The van der Waals surface area contributed by atoms with Crippen LogP contribution in [0.25, 0.3) is 0 Å². The molecule has 0 aliphatic carbocycles. The molecule has 0 aromatic heterocycles. The number of hydrogen-bond donors (Lipinski definition) is 0. The molecule has 0 unspecified atom stereocenters. The maximum absolute atomic E-state index is 11.3. The van der Waals surface area contributed by atoms with E-state index in [9.17, 15) is 26.3 Å². The van der Waals surface area contributed by atoms with Gasteiger partial charge in [0, 0.05) is 0 Å². The Balaban J connectivity index is 0. The largest absolute Gasteiger partial charge is 0.522 e. The fourth-order valence-corrected chi connectivity index (χ4v) is 1.16. The van der Waals surface area contributed by atoms with Crippen LogP contribution in [0, 0.1) is 0 Å². The molecule has 0 aliphatic rings. The second-order valence-electron chi connectivity index (χ2n) is 4.16. The molecule has 0 rings (SSSR count). The van der Waals surface area contributed by atoms with Gasteiger partial charge in [0.25, 0.3) is 0 Å². The lowest BCUT2D eigenvalue weighted by Gasteiger charge is -2.05. The Kier molecular flexibility index (Phi) is 14.4. The molecule has 0 radical (unpaired) electrons. The van der Waals surface area contributed by atoms with Crippen LogP contribution in [-0.2, 0) is 9.47 Å². The van der Waals surface area contributed by atoms with Crippen molar-refractivity contribution in [2.24, 2.45) is 0 Å². The first kappa shape index (κ1) is 23.2. The molecule has 0 aromatic rings. The maximum Gasteiger partial charge on any atom is 0.522 e. The quantitative estimate of drug-likeness (QED) is 0.287. The van der Waals surface area contributed by atoms with Crippen LogP contribution in [0.4, 0.5) is 26.3 Å². The fraction of sp³-hybridized carbons (Fsp3) is 0.714. The molecule has 0 saturated heterocycles. The Morgan fingerprint density at radius 2 is 0.955 bits per heavy atom. The second kappa shape index (κ2) is 13.6. The average molecular weight is 336 g/mol. The highest BCUT2D eigenvalue weighted by Gasteiger charge is 2.28. The first-order valence-electron chi connectivity index (χ1n) is 6.75. The van der Waals surface area contributed by atoms with Crippen molar-refractivity contribution >= 4 is 0 Å². The zero-order valence-corrected chi connectivity index (χ0v) is 12.3. The smallest absolute Gasteiger partial charge is 0.292 e. The summed E-state index contributed by atoms with van der Waals surface area (Å²) in [5, 5.41) is 0. The lowest BCUT2D eigenvalue weighted by molar-refractivity contribution is -0.325. The van der Waals surface area contributed by atoms with Crippen LogP contribution in [0.15, 0.2) is 25.3 Å². The zero-order valence-electron chi connectivity index (χ0n) is 12.3. The van der Waals surface area contributed by atoms with Gasteiger partial charge in [-0.15, -0.1) is 39.5 Å². The van der Waals surface area contributed by atoms with Gasteiger partial charge in [-0.2, -0.15) is 0 Å². The van der Waals surface area contributed by atoms with Crippen LogP contribution in [0.2, 0.25) is 0 Å². The van der Waals surface area contributed by atoms with Crippen LogP contribution in [-0.4, -0.2) is 25.9 Å². The molecular formula is C14H22F6O2. The number of unbranched alkanes of at least 4 members (excludes halogenated alkanes) is 4. The van der Waals surface area contributed by atoms with Gasteiger partial charge in [-0.25, -0.2) is 0 Å². The molecule has 22 heavy (non-hydrogen) atoms. The molecule has 2 nitrogen and oxygen atoms in total. The van der Waals surface area contributed by atoms with Gasteiger partial charge in [0.1, 0.15) is 0 Å². The minimum absolute atomic E-state index is 0.253. The highest BCUT2D eigenvalue weighted by Crippen LogP contribution is 2.17. The summed E-state index contributed by atoms with van der Waals surface area (Å²) in [7, 11) is 0. The minimum atomic E-state index is -4.48. The maximum atomic E-state index is 11.3. The third-order valence-electron chi connectivity index (χ3n) is 2.14. The second-order valence-corrected chi connectivity index (χ2v) is 4.16. The highest BCUT2D eigenvalue weighted by molar-refractivity contribution is 4.65. The Morgan fingerprint density at radius 1 is 0.636 bits per heavy atom. The van der Waals surface area contributed by atoms with Crippen LogP contribution in [0.5, 0.6) is 0 Å². The minimum Gasteiger partial charge on any atom is -0.292 e. The molecule has 0 N–H and O–H groups in total. The predicted octanol–water partition coefficient (Wildman–Crippen LogP) is 5.76. The number of alkyl halides is 6. The first-order valence-corrected chi connectivity index (χ1v) is 6.75. The first-order chi connectivity index (χ1) is 10.1. The van der Waals surface area contributed by atoms with Gasteiger partial charge >= 0.3 is 12.7 Å². The van der Waals surface area contributed by atoms with E-state index in [-0.39, 0.29) is 13.2 Å². The fourth-order valence-electron chi connectivity index (χ4n) is 1.16. The van der Waals surface area contributed by atoms with Crippen molar-refractivity contribution < 1.29 is 35.8 Å². The topological polar surface area (TPSA) is 18.5 Å². The molecule has 132 valence electrons. The normalized spacial score (nSPS) is 11.5. The van der Waals surface area contributed by atoms with Crippen molar-refractivity contribution in [2.45, 2.75) is 51.2 Å². The Hall–Kier alpha value is -1.02. The third-order valence-corrected chi connectivity index (χ3v) is 2.14. The zero-order chi connectivity index (χ0) is 17.5. The van der Waals surface area contributed by atoms with Gasteiger partial charge in [-0.05, 0) is 38.5 Å². The molecule has 0 aliphatic heterocycles. The van der Waals surface area contributed by atoms with E-state index >= 15 is 0 Å². The monoisotopic (exact) mass is 336 g/mol. The van der Waals surface area contributed by atoms with E-state index in [2.05, 4.69) is 22.6 Å². The van der Waals surface area contributed by atoms with Crippen LogP contribution in [0.1, 0.15) is 38.5 Å². The molecular weight excluding hydrogens is 314 g/mol. The lowest BCUT2D eigenvalue weighted by atomic mass is 10.2. The van der Waals surface area contributed by atoms with Gasteiger partial charge in [0.05, 0.1) is 13.2 Å². The van der Waals surface area contributed by atoms with Crippen molar-refractivity contribution in [3.05, 3.63) is 25.3 Å². The molecule has 0 atom stereocenters. The SMILES string of the molecule is C=CCCCCOC(F)(F)F.C=CCCCCOC(F)(F)F. The Labute approximate surface area is 126 Å². The number of rotatable bonds is 10. The van der Waals surface area contributed by atoms with Crippen LogP contribution < -0.4 is 0 Å². The van der Waals surface area contributed by atoms with E-state index in [1.165, 1.54) is 0 Å². The standard InChI is InChI=1S/2C7H11F3O/c2*1-2-3-4-5-6-11-7(8,9)10/h2*2H,1,3-6H2.